The highest BCUT2D eigenvalue weighted by atomic mass is 35.5. The van der Waals surface area contributed by atoms with Gasteiger partial charge in [-0.15, -0.1) is 11.8 Å². The second kappa shape index (κ2) is 9.14. The summed E-state index contributed by atoms with van der Waals surface area (Å²) in [6.07, 6.45) is 1.98. The van der Waals surface area contributed by atoms with Crippen LogP contribution in [0.15, 0.2) is 68.4 Å². The van der Waals surface area contributed by atoms with E-state index in [0.717, 1.165) is 21.8 Å². The van der Waals surface area contributed by atoms with E-state index in [0.29, 0.717) is 32.3 Å². The molecule has 0 spiro atoms. The van der Waals surface area contributed by atoms with E-state index < -0.39 is 17.6 Å². The van der Waals surface area contributed by atoms with Gasteiger partial charge in [0.25, 0.3) is 11.5 Å². The van der Waals surface area contributed by atoms with Crippen LogP contribution in [0.1, 0.15) is 31.0 Å². The van der Waals surface area contributed by atoms with E-state index in [9.17, 15) is 14.4 Å². The molecule has 0 saturated carbocycles. The number of aromatic nitrogens is 1. The largest absolute Gasteiger partial charge is 0.463 e. The quantitative estimate of drug-likeness (QED) is 0.416. The third-order valence-electron chi connectivity index (χ3n) is 5.88. The predicted octanol–water partition coefficient (Wildman–Crippen LogP) is 3.50. The molecule has 5 rings (SSSR count). The monoisotopic (exact) mass is 525 g/mol. The van der Waals surface area contributed by atoms with Gasteiger partial charge in [0, 0.05) is 21.2 Å². The van der Waals surface area contributed by atoms with E-state index in [1.807, 2.05) is 30.5 Å². The average Bonchev–Trinajstić information content (AvgIpc) is 3.33. The van der Waals surface area contributed by atoms with Crippen LogP contribution < -0.4 is 20.2 Å². The SMILES string of the molecule is CCOC(=O)C1=C(C)N=c2s/c(=C3\C(=O)Nc4ccc(Cl)cc43)c(=O)n2[C@H]1c1ccc(SC)cc1. The van der Waals surface area contributed by atoms with Gasteiger partial charge in [0.05, 0.1) is 29.5 Å². The predicted molar refractivity (Wildman–Crippen MR) is 138 cm³/mol. The highest BCUT2D eigenvalue weighted by Crippen LogP contribution is 2.34. The van der Waals surface area contributed by atoms with Crippen molar-refractivity contribution in [3.8, 4) is 0 Å². The topological polar surface area (TPSA) is 89.8 Å². The van der Waals surface area contributed by atoms with Crippen LogP contribution in [0.2, 0.25) is 5.02 Å². The Kier molecular flexibility index (Phi) is 6.16. The number of nitrogens with one attached hydrogen (secondary N) is 1. The van der Waals surface area contributed by atoms with E-state index in [-0.39, 0.29) is 22.6 Å². The number of rotatable bonds is 4. The molecule has 2 aliphatic heterocycles. The maximum absolute atomic E-state index is 13.9. The van der Waals surface area contributed by atoms with Gasteiger partial charge in [-0.05, 0) is 56.0 Å². The molecule has 1 N–H and O–H groups in total. The van der Waals surface area contributed by atoms with E-state index >= 15 is 0 Å². The summed E-state index contributed by atoms with van der Waals surface area (Å²) in [5.74, 6) is -0.906. The van der Waals surface area contributed by atoms with Crippen molar-refractivity contribution >= 4 is 57.8 Å². The molecular formula is C25H20ClN3O4S2. The molecule has 35 heavy (non-hydrogen) atoms. The molecule has 3 heterocycles. The smallest absolute Gasteiger partial charge is 0.338 e. The summed E-state index contributed by atoms with van der Waals surface area (Å²) in [6, 6.07) is 12.0. The number of thioether (sulfide) groups is 1. The van der Waals surface area contributed by atoms with Crippen LogP contribution in [-0.2, 0) is 14.3 Å². The van der Waals surface area contributed by atoms with Crippen molar-refractivity contribution in [1.29, 1.82) is 0 Å². The minimum atomic E-state index is -0.737. The first-order chi connectivity index (χ1) is 16.8. The molecular weight excluding hydrogens is 506 g/mol. The molecule has 0 fully saturated rings. The van der Waals surface area contributed by atoms with Gasteiger partial charge < -0.3 is 10.1 Å². The number of hydrogen-bond donors (Lipinski definition) is 1. The van der Waals surface area contributed by atoms with Crippen LogP contribution in [0, 0.1) is 0 Å². The lowest BCUT2D eigenvalue weighted by Crippen LogP contribution is -2.40. The molecule has 10 heteroatoms. The molecule has 1 atom stereocenters. The summed E-state index contributed by atoms with van der Waals surface area (Å²) in [6.45, 7) is 3.65. The zero-order valence-corrected chi connectivity index (χ0v) is 21.4. The Hall–Kier alpha value is -3.14. The van der Waals surface area contributed by atoms with Gasteiger partial charge in [-0.2, -0.15) is 0 Å². The summed E-state index contributed by atoms with van der Waals surface area (Å²) < 4.78 is 7.05. The molecule has 1 amide bonds. The van der Waals surface area contributed by atoms with Gasteiger partial charge in [-0.3, -0.25) is 14.2 Å². The Morgan fingerprint density at radius 2 is 1.97 bits per heavy atom. The minimum absolute atomic E-state index is 0.194. The summed E-state index contributed by atoms with van der Waals surface area (Å²) in [5.41, 5.74) is 2.52. The third-order valence-corrected chi connectivity index (χ3v) is 7.91. The van der Waals surface area contributed by atoms with Gasteiger partial charge in [-0.25, -0.2) is 9.79 Å². The fourth-order valence-electron chi connectivity index (χ4n) is 4.31. The van der Waals surface area contributed by atoms with Crippen LogP contribution in [0.4, 0.5) is 5.69 Å². The number of fused-ring (bicyclic) bond motifs is 2. The van der Waals surface area contributed by atoms with E-state index in [2.05, 4.69) is 10.3 Å². The Morgan fingerprint density at radius 3 is 2.66 bits per heavy atom. The van der Waals surface area contributed by atoms with Gasteiger partial charge >= 0.3 is 5.97 Å². The number of anilines is 1. The first-order valence-electron chi connectivity index (χ1n) is 10.8. The second-order valence-corrected chi connectivity index (χ2v) is 10.2. The molecule has 7 nitrogen and oxygen atoms in total. The van der Waals surface area contributed by atoms with Gasteiger partial charge in [0.2, 0.25) is 0 Å². The Morgan fingerprint density at radius 1 is 1.23 bits per heavy atom. The molecule has 0 unspecified atom stereocenters. The number of allylic oxidation sites excluding steroid dienone is 1. The number of thiazole rings is 1. The Bertz CT molecular complexity index is 1600. The summed E-state index contributed by atoms with van der Waals surface area (Å²) in [5, 5.41) is 3.25. The lowest BCUT2D eigenvalue weighted by molar-refractivity contribution is -0.139. The van der Waals surface area contributed by atoms with Crippen molar-refractivity contribution in [2.45, 2.75) is 24.8 Å². The Balaban J connectivity index is 1.81. The minimum Gasteiger partial charge on any atom is -0.463 e. The highest BCUT2D eigenvalue weighted by Gasteiger charge is 2.35. The summed E-state index contributed by atoms with van der Waals surface area (Å²) in [4.78, 5) is 45.8. The number of carbonyl (C=O) groups is 2. The normalized spacial score (nSPS) is 18.1. The second-order valence-electron chi connectivity index (χ2n) is 7.92. The lowest BCUT2D eigenvalue weighted by atomic mass is 9.96. The molecule has 0 saturated heterocycles. The number of benzene rings is 2. The summed E-state index contributed by atoms with van der Waals surface area (Å²) in [7, 11) is 0. The van der Waals surface area contributed by atoms with Crippen molar-refractivity contribution in [1.82, 2.24) is 4.57 Å². The number of halogens is 1. The number of hydrogen-bond acceptors (Lipinski definition) is 7. The van der Waals surface area contributed by atoms with Gasteiger partial charge in [-0.1, -0.05) is 35.1 Å². The fourth-order valence-corrected chi connectivity index (χ4v) is 6.03. The lowest BCUT2D eigenvalue weighted by Gasteiger charge is -2.24. The number of nitrogens with zero attached hydrogens (tertiary/aromatic N) is 2. The van der Waals surface area contributed by atoms with Crippen molar-refractivity contribution in [2.24, 2.45) is 4.99 Å². The number of carbonyl (C=O) groups excluding carboxylic acids is 2. The zero-order valence-electron chi connectivity index (χ0n) is 19.0. The number of amides is 1. The number of esters is 1. The van der Waals surface area contributed by atoms with Crippen LogP contribution in [0.5, 0.6) is 0 Å². The van der Waals surface area contributed by atoms with Crippen molar-refractivity contribution in [3.05, 3.63) is 89.6 Å². The summed E-state index contributed by atoms with van der Waals surface area (Å²) >= 11 is 8.90. The zero-order chi connectivity index (χ0) is 24.9. The average molecular weight is 526 g/mol. The maximum Gasteiger partial charge on any atom is 0.338 e. The van der Waals surface area contributed by atoms with Crippen LogP contribution >= 0.6 is 34.7 Å². The molecule has 0 radical (unpaired) electrons. The third kappa shape index (κ3) is 3.93. The molecule has 0 aliphatic carbocycles. The van der Waals surface area contributed by atoms with Crippen molar-refractivity contribution < 1.29 is 14.3 Å². The first kappa shape index (κ1) is 23.6. The van der Waals surface area contributed by atoms with E-state index in [1.165, 1.54) is 4.57 Å². The Labute approximate surface area is 213 Å². The molecule has 2 aliphatic rings. The standard InChI is InChI=1S/C25H20ClN3O4S2/c1-4-33-24(32)18-12(2)27-25-29(20(18)13-5-8-15(34-3)9-6-13)23(31)21(35-25)19-16-11-14(26)7-10-17(16)28-22(19)30/h5-11,20H,4H2,1-3H3,(H,28,30)/b21-19-/t20-/m0/s1. The van der Waals surface area contributed by atoms with E-state index in [1.54, 1.807) is 43.8 Å². The molecule has 0 bridgehead atoms. The molecule has 3 aromatic rings. The van der Waals surface area contributed by atoms with Gasteiger partial charge in [0.1, 0.15) is 4.53 Å². The van der Waals surface area contributed by atoms with Crippen LogP contribution in [0.25, 0.3) is 5.57 Å². The van der Waals surface area contributed by atoms with Crippen LogP contribution in [0.3, 0.4) is 0 Å². The molecule has 1 aromatic heterocycles. The van der Waals surface area contributed by atoms with Gasteiger partial charge in [0.15, 0.2) is 4.80 Å². The molecule has 178 valence electrons. The molecule has 2 aromatic carbocycles. The fraction of sp³-hybridized carbons (Fsp3) is 0.200. The maximum atomic E-state index is 13.9. The highest BCUT2D eigenvalue weighted by molar-refractivity contribution is 7.98. The van der Waals surface area contributed by atoms with Crippen LogP contribution in [-0.4, -0.2) is 29.3 Å². The first-order valence-corrected chi connectivity index (χ1v) is 13.2. The number of ether oxygens (including phenoxy) is 1. The van der Waals surface area contributed by atoms with Crippen molar-refractivity contribution in [3.63, 3.8) is 0 Å². The van der Waals surface area contributed by atoms with Crippen molar-refractivity contribution in [2.75, 3.05) is 18.2 Å². The van der Waals surface area contributed by atoms with E-state index in [4.69, 9.17) is 16.3 Å².